The highest BCUT2D eigenvalue weighted by atomic mass is 35.5. The molecular formula is C10H11ClOS. The number of benzene rings is 1. The van der Waals surface area contributed by atoms with Crippen molar-refractivity contribution in [3.63, 3.8) is 0 Å². The van der Waals surface area contributed by atoms with E-state index in [4.69, 9.17) is 16.3 Å². The van der Waals surface area contributed by atoms with Crippen LogP contribution in [0.3, 0.4) is 0 Å². The molecule has 0 aliphatic heterocycles. The Morgan fingerprint density at radius 1 is 1.46 bits per heavy atom. The first-order valence-electron chi connectivity index (χ1n) is 3.89. The van der Waals surface area contributed by atoms with E-state index >= 15 is 0 Å². The molecule has 0 radical (unpaired) electrons. The summed E-state index contributed by atoms with van der Waals surface area (Å²) in [6.45, 7) is 4.24. The van der Waals surface area contributed by atoms with Crippen LogP contribution in [0, 0.1) is 0 Å². The van der Waals surface area contributed by atoms with Crippen LogP contribution in [0.15, 0.2) is 36.4 Å². The van der Waals surface area contributed by atoms with Crippen molar-refractivity contribution in [1.29, 1.82) is 0 Å². The number of rotatable bonds is 4. The maximum Gasteiger partial charge on any atom is 0.138 e. The standard InChI is InChI=1S/C10H11ClOS/c1-8(7-13)6-12-10-5-3-2-4-9(10)11/h2-5,13H,1,6-7H2. The molecule has 0 unspecified atom stereocenters. The van der Waals surface area contributed by atoms with Crippen molar-refractivity contribution in [2.75, 3.05) is 12.4 Å². The monoisotopic (exact) mass is 214 g/mol. The van der Waals surface area contributed by atoms with E-state index in [-0.39, 0.29) is 0 Å². The lowest BCUT2D eigenvalue weighted by Gasteiger charge is -2.07. The van der Waals surface area contributed by atoms with Crippen LogP contribution in [0.4, 0.5) is 0 Å². The van der Waals surface area contributed by atoms with Crippen LogP contribution < -0.4 is 4.74 Å². The van der Waals surface area contributed by atoms with E-state index in [1.54, 1.807) is 6.07 Å². The summed E-state index contributed by atoms with van der Waals surface area (Å²) in [4.78, 5) is 0. The Hall–Kier alpha value is -0.600. The third-order valence-electron chi connectivity index (χ3n) is 1.49. The Kier molecular flexibility index (Phi) is 4.19. The topological polar surface area (TPSA) is 9.23 Å². The van der Waals surface area contributed by atoms with Gasteiger partial charge in [-0.15, -0.1) is 0 Å². The molecule has 0 fully saturated rings. The molecule has 0 amide bonds. The minimum Gasteiger partial charge on any atom is -0.488 e. The Morgan fingerprint density at radius 3 is 2.77 bits per heavy atom. The molecule has 1 aromatic carbocycles. The van der Waals surface area contributed by atoms with Crippen LogP contribution >= 0.6 is 24.2 Å². The lowest BCUT2D eigenvalue weighted by Crippen LogP contribution is -2.01. The molecule has 0 aliphatic rings. The fraction of sp³-hybridized carbons (Fsp3) is 0.200. The normalized spacial score (nSPS) is 9.69. The van der Waals surface area contributed by atoms with Crippen LogP contribution in [-0.2, 0) is 0 Å². The summed E-state index contributed by atoms with van der Waals surface area (Å²) in [7, 11) is 0. The molecule has 0 heterocycles. The van der Waals surface area contributed by atoms with Crippen LogP contribution in [-0.4, -0.2) is 12.4 Å². The number of para-hydroxylation sites is 1. The predicted octanol–water partition coefficient (Wildman–Crippen LogP) is 3.20. The van der Waals surface area contributed by atoms with Crippen molar-refractivity contribution in [3.05, 3.63) is 41.4 Å². The molecule has 0 spiro atoms. The van der Waals surface area contributed by atoms with Gasteiger partial charge in [-0.05, 0) is 17.7 Å². The molecule has 0 atom stereocenters. The molecule has 0 bridgehead atoms. The number of ether oxygens (including phenoxy) is 1. The smallest absolute Gasteiger partial charge is 0.138 e. The fourth-order valence-corrected chi connectivity index (χ4v) is 1.07. The van der Waals surface area contributed by atoms with Crippen LogP contribution in [0.1, 0.15) is 0 Å². The molecule has 0 aromatic heterocycles. The van der Waals surface area contributed by atoms with E-state index in [0.29, 0.717) is 23.1 Å². The summed E-state index contributed by atoms with van der Waals surface area (Å²) in [5, 5.41) is 0.620. The summed E-state index contributed by atoms with van der Waals surface area (Å²) >= 11 is 9.95. The second kappa shape index (κ2) is 5.20. The molecule has 3 heteroatoms. The summed E-state index contributed by atoms with van der Waals surface area (Å²) in [6, 6.07) is 7.36. The van der Waals surface area contributed by atoms with Crippen molar-refractivity contribution >= 4 is 24.2 Å². The zero-order valence-electron chi connectivity index (χ0n) is 7.16. The van der Waals surface area contributed by atoms with Crippen molar-refractivity contribution in [1.82, 2.24) is 0 Å². The van der Waals surface area contributed by atoms with Gasteiger partial charge in [0.2, 0.25) is 0 Å². The van der Waals surface area contributed by atoms with Gasteiger partial charge in [-0.1, -0.05) is 30.3 Å². The second-order valence-corrected chi connectivity index (χ2v) is 3.35. The van der Waals surface area contributed by atoms with Gasteiger partial charge in [0.05, 0.1) is 5.02 Å². The summed E-state index contributed by atoms with van der Waals surface area (Å²) < 4.78 is 5.41. The molecule has 0 saturated heterocycles. The largest absolute Gasteiger partial charge is 0.488 e. The Labute approximate surface area is 88.8 Å². The minimum absolute atomic E-state index is 0.466. The third-order valence-corrected chi connectivity index (χ3v) is 2.25. The molecule has 13 heavy (non-hydrogen) atoms. The molecule has 1 aromatic rings. The summed E-state index contributed by atoms with van der Waals surface area (Å²) in [6.07, 6.45) is 0. The van der Waals surface area contributed by atoms with E-state index in [0.717, 1.165) is 5.57 Å². The molecule has 1 rings (SSSR count). The highest BCUT2D eigenvalue weighted by Crippen LogP contribution is 2.23. The molecule has 70 valence electrons. The van der Waals surface area contributed by atoms with Gasteiger partial charge in [-0.2, -0.15) is 12.6 Å². The minimum atomic E-state index is 0.466. The number of hydrogen-bond donors (Lipinski definition) is 1. The lowest BCUT2D eigenvalue weighted by atomic mass is 10.3. The lowest BCUT2D eigenvalue weighted by molar-refractivity contribution is 0.353. The molecule has 0 N–H and O–H groups in total. The Morgan fingerprint density at radius 2 is 2.15 bits per heavy atom. The number of halogens is 1. The van der Waals surface area contributed by atoms with Gasteiger partial charge in [0, 0.05) is 5.75 Å². The van der Waals surface area contributed by atoms with Crippen molar-refractivity contribution in [2.24, 2.45) is 0 Å². The Balaban J connectivity index is 2.54. The maximum absolute atomic E-state index is 5.88. The van der Waals surface area contributed by atoms with Gasteiger partial charge in [0.15, 0.2) is 0 Å². The van der Waals surface area contributed by atoms with E-state index in [1.807, 2.05) is 18.2 Å². The van der Waals surface area contributed by atoms with E-state index in [2.05, 4.69) is 19.2 Å². The number of thiol groups is 1. The maximum atomic E-state index is 5.88. The average Bonchev–Trinajstić information content (AvgIpc) is 2.16. The molecule has 1 nitrogen and oxygen atoms in total. The average molecular weight is 215 g/mol. The first-order chi connectivity index (χ1) is 6.24. The van der Waals surface area contributed by atoms with Crippen LogP contribution in [0.2, 0.25) is 5.02 Å². The molecular weight excluding hydrogens is 204 g/mol. The zero-order chi connectivity index (χ0) is 9.68. The Bertz CT molecular complexity index is 299. The summed E-state index contributed by atoms with van der Waals surface area (Å²) in [5.41, 5.74) is 0.934. The quantitative estimate of drug-likeness (QED) is 0.598. The van der Waals surface area contributed by atoms with Crippen molar-refractivity contribution in [3.8, 4) is 5.75 Å². The van der Waals surface area contributed by atoms with Gasteiger partial charge in [0.1, 0.15) is 12.4 Å². The fourth-order valence-electron chi connectivity index (χ4n) is 0.787. The van der Waals surface area contributed by atoms with Gasteiger partial charge in [0.25, 0.3) is 0 Å². The van der Waals surface area contributed by atoms with Crippen LogP contribution in [0.25, 0.3) is 0 Å². The molecule has 0 saturated carbocycles. The van der Waals surface area contributed by atoms with Crippen LogP contribution in [0.5, 0.6) is 5.75 Å². The predicted molar refractivity (Wildman–Crippen MR) is 59.9 cm³/mol. The first kappa shape index (κ1) is 10.5. The highest BCUT2D eigenvalue weighted by Gasteiger charge is 1.99. The van der Waals surface area contributed by atoms with E-state index in [1.165, 1.54) is 0 Å². The third kappa shape index (κ3) is 3.33. The molecule has 0 aliphatic carbocycles. The van der Waals surface area contributed by atoms with Gasteiger partial charge >= 0.3 is 0 Å². The second-order valence-electron chi connectivity index (χ2n) is 2.63. The first-order valence-corrected chi connectivity index (χ1v) is 4.90. The van der Waals surface area contributed by atoms with E-state index < -0.39 is 0 Å². The van der Waals surface area contributed by atoms with Gasteiger partial charge in [-0.25, -0.2) is 0 Å². The number of hydrogen-bond acceptors (Lipinski definition) is 2. The van der Waals surface area contributed by atoms with Crippen molar-refractivity contribution < 1.29 is 4.74 Å². The van der Waals surface area contributed by atoms with Gasteiger partial charge < -0.3 is 4.74 Å². The van der Waals surface area contributed by atoms with E-state index in [9.17, 15) is 0 Å². The van der Waals surface area contributed by atoms with Crippen molar-refractivity contribution in [2.45, 2.75) is 0 Å². The van der Waals surface area contributed by atoms with Gasteiger partial charge in [-0.3, -0.25) is 0 Å². The SMILES string of the molecule is C=C(CS)COc1ccccc1Cl. The highest BCUT2D eigenvalue weighted by molar-refractivity contribution is 7.80. The zero-order valence-corrected chi connectivity index (χ0v) is 8.81. The summed E-state index contributed by atoms with van der Waals surface area (Å²) in [5.74, 6) is 1.32.